The number of amides is 1. The van der Waals surface area contributed by atoms with Gasteiger partial charge in [-0.3, -0.25) is 4.79 Å². The van der Waals surface area contributed by atoms with Gasteiger partial charge in [0.05, 0.1) is 0 Å². The first-order valence-corrected chi connectivity index (χ1v) is 7.01. The van der Waals surface area contributed by atoms with Crippen molar-refractivity contribution in [2.24, 2.45) is 23.5 Å². The lowest BCUT2D eigenvalue weighted by molar-refractivity contribution is -0.128. The van der Waals surface area contributed by atoms with Gasteiger partial charge in [-0.15, -0.1) is 0 Å². The van der Waals surface area contributed by atoms with Crippen LogP contribution in [0.3, 0.4) is 0 Å². The Hall–Kier alpha value is -0.570. The van der Waals surface area contributed by atoms with Crippen molar-refractivity contribution in [2.75, 3.05) is 0 Å². The fourth-order valence-electron chi connectivity index (χ4n) is 2.75. The van der Waals surface area contributed by atoms with Gasteiger partial charge in [0.1, 0.15) is 0 Å². The average molecular weight is 240 g/mol. The van der Waals surface area contributed by atoms with Crippen LogP contribution in [0.5, 0.6) is 0 Å². The lowest BCUT2D eigenvalue weighted by Gasteiger charge is -2.33. The average Bonchev–Trinajstić information content (AvgIpc) is 2.28. The monoisotopic (exact) mass is 240 g/mol. The Balaban J connectivity index is 2.56. The van der Waals surface area contributed by atoms with Crippen molar-refractivity contribution in [2.45, 2.75) is 65.5 Å². The fraction of sp³-hybridized carbons (Fsp3) is 0.929. The predicted octanol–water partition coefficient (Wildman–Crippen LogP) is 2.30. The predicted molar refractivity (Wildman–Crippen MR) is 71.5 cm³/mol. The number of carbonyl (C=O) groups excluding carboxylic acids is 1. The van der Waals surface area contributed by atoms with Crippen LogP contribution in [0.25, 0.3) is 0 Å². The summed E-state index contributed by atoms with van der Waals surface area (Å²) in [5, 5.41) is 3.19. The number of hydrogen-bond acceptors (Lipinski definition) is 2. The number of nitrogens with two attached hydrogens (primary N) is 1. The first-order valence-electron chi connectivity index (χ1n) is 7.01. The molecule has 0 aromatic heterocycles. The van der Waals surface area contributed by atoms with E-state index in [9.17, 15) is 4.79 Å². The van der Waals surface area contributed by atoms with Crippen LogP contribution < -0.4 is 11.1 Å². The van der Waals surface area contributed by atoms with Crippen molar-refractivity contribution < 1.29 is 4.79 Å². The van der Waals surface area contributed by atoms with Crippen LogP contribution >= 0.6 is 0 Å². The second-order valence-corrected chi connectivity index (χ2v) is 5.92. The van der Waals surface area contributed by atoms with Gasteiger partial charge in [0, 0.05) is 18.0 Å². The summed E-state index contributed by atoms with van der Waals surface area (Å²) in [5.74, 6) is 1.30. The van der Waals surface area contributed by atoms with Crippen LogP contribution in [0.4, 0.5) is 0 Å². The zero-order valence-electron chi connectivity index (χ0n) is 11.7. The Kier molecular flexibility index (Phi) is 5.44. The minimum absolute atomic E-state index is 0.117. The SMILES string of the molecule is CCC(NC(=O)C1CC(N)CCC1C)C(C)C. The molecule has 4 atom stereocenters. The zero-order chi connectivity index (χ0) is 13.0. The van der Waals surface area contributed by atoms with Crippen molar-refractivity contribution >= 4 is 5.91 Å². The van der Waals surface area contributed by atoms with Gasteiger partial charge >= 0.3 is 0 Å². The molecule has 17 heavy (non-hydrogen) atoms. The molecule has 0 aromatic carbocycles. The van der Waals surface area contributed by atoms with E-state index in [0.717, 1.165) is 25.7 Å². The third kappa shape index (κ3) is 3.98. The smallest absolute Gasteiger partial charge is 0.223 e. The van der Waals surface area contributed by atoms with Gasteiger partial charge in [0.2, 0.25) is 5.91 Å². The summed E-state index contributed by atoms with van der Waals surface area (Å²) >= 11 is 0. The van der Waals surface area contributed by atoms with E-state index in [1.54, 1.807) is 0 Å². The second-order valence-electron chi connectivity index (χ2n) is 5.92. The van der Waals surface area contributed by atoms with Crippen LogP contribution in [0.15, 0.2) is 0 Å². The molecule has 1 rings (SSSR count). The highest BCUT2D eigenvalue weighted by atomic mass is 16.2. The second kappa shape index (κ2) is 6.39. The Bertz CT molecular complexity index is 253. The molecule has 3 N–H and O–H groups in total. The molecule has 1 saturated carbocycles. The molecule has 0 saturated heterocycles. The molecule has 0 spiro atoms. The first-order chi connectivity index (χ1) is 7.95. The van der Waals surface area contributed by atoms with E-state index in [1.807, 2.05) is 0 Å². The molecule has 1 aliphatic carbocycles. The standard InChI is InChI=1S/C14H28N2O/c1-5-13(9(2)3)16-14(17)12-8-11(15)7-6-10(12)4/h9-13H,5-8,15H2,1-4H3,(H,16,17). The van der Waals surface area contributed by atoms with E-state index in [0.29, 0.717) is 17.9 Å². The minimum atomic E-state index is 0.117. The van der Waals surface area contributed by atoms with E-state index >= 15 is 0 Å². The van der Waals surface area contributed by atoms with Crippen molar-refractivity contribution in [3.05, 3.63) is 0 Å². The Morgan fingerprint density at radius 1 is 1.41 bits per heavy atom. The maximum absolute atomic E-state index is 12.3. The Morgan fingerprint density at radius 2 is 2.06 bits per heavy atom. The maximum atomic E-state index is 12.3. The molecule has 100 valence electrons. The molecule has 0 heterocycles. The summed E-state index contributed by atoms with van der Waals surface area (Å²) in [6, 6.07) is 0.508. The van der Waals surface area contributed by atoms with Gasteiger partial charge in [0.15, 0.2) is 0 Å². The van der Waals surface area contributed by atoms with Gasteiger partial charge in [-0.25, -0.2) is 0 Å². The zero-order valence-corrected chi connectivity index (χ0v) is 11.7. The summed E-state index contributed by atoms with van der Waals surface area (Å²) in [6.07, 6.45) is 3.99. The molecule has 3 heteroatoms. The number of carbonyl (C=O) groups is 1. The highest BCUT2D eigenvalue weighted by Gasteiger charge is 2.32. The Labute approximate surface area is 106 Å². The van der Waals surface area contributed by atoms with Crippen LogP contribution in [0.1, 0.15) is 53.4 Å². The van der Waals surface area contributed by atoms with Crippen molar-refractivity contribution in [3.63, 3.8) is 0 Å². The van der Waals surface area contributed by atoms with Crippen LogP contribution in [0, 0.1) is 17.8 Å². The quantitative estimate of drug-likeness (QED) is 0.792. The first kappa shape index (κ1) is 14.5. The molecule has 1 aliphatic rings. The normalized spacial score (nSPS) is 31.3. The molecule has 1 amide bonds. The van der Waals surface area contributed by atoms with E-state index in [-0.39, 0.29) is 17.9 Å². The summed E-state index contributed by atoms with van der Waals surface area (Å²) in [4.78, 5) is 12.3. The van der Waals surface area contributed by atoms with Crippen LogP contribution in [-0.4, -0.2) is 18.0 Å². The highest BCUT2D eigenvalue weighted by Crippen LogP contribution is 2.29. The lowest BCUT2D eigenvalue weighted by Crippen LogP contribution is -2.46. The molecule has 0 aromatic rings. The fourth-order valence-corrected chi connectivity index (χ4v) is 2.75. The van der Waals surface area contributed by atoms with E-state index in [2.05, 4.69) is 33.0 Å². The maximum Gasteiger partial charge on any atom is 0.223 e. The van der Waals surface area contributed by atoms with Crippen molar-refractivity contribution in [1.82, 2.24) is 5.32 Å². The Morgan fingerprint density at radius 3 is 2.59 bits per heavy atom. The summed E-state index contributed by atoms with van der Waals surface area (Å²) in [7, 11) is 0. The van der Waals surface area contributed by atoms with Gasteiger partial charge in [-0.2, -0.15) is 0 Å². The van der Waals surface area contributed by atoms with Crippen LogP contribution in [0.2, 0.25) is 0 Å². The molecule has 0 radical (unpaired) electrons. The van der Waals surface area contributed by atoms with Gasteiger partial charge in [0.25, 0.3) is 0 Å². The van der Waals surface area contributed by atoms with Crippen LogP contribution in [-0.2, 0) is 4.79 Å². The minimum Gasteiger partial charge on any atom is -0.353 e. The molecular weight excluding hydrogens is 212 g/mol. The van der Waals surface area contributed by atoms with Gasteiger partial charge in [-0.1, -0.05) is 27.7 Å². The molecular formula is C14H28N2O. The third-order valence-electron chi connectivity index (χ3n) is 4.15. The molecule has 1 fully saturated rings. The summed E-state index contributed by atoms with van der Waals surface area (Å²) in [6.45, 7) is 8.61. The van der Waals surface area contributed by atoms with Gasteiger partial charge < -0.3 is 11.1 Å². The molecule has 3 nitrogen and oxygen atoms in total. The van der Waals surface area contributed by atoms with Gasteiger partial charge in [-0.05, 0) is 37.5 Å². The number of hydrogen-bond donors (Lipinski definition) is 2. The number of rotatable bonds is 4. The number of nitrogens with one attached hydrogen (secondary N) is 1. The molecule has 4 unspecified atom stereocenters. The largest absolute Gasteiger partial charge is 0.353 e. The lowest BCUT2D eigenvalue weighted by atomic mass is 9.77. The molecule has 0 bridgehead atoms. The van der Waals surface area contributed by atoms with Crippen molar-refractivity contribution in [1.29, 1.82) is 0 Å². The summed E-state index contributed by atoms with van der Waals surface area (Å²) < 4.78 is 0. The summed E-state index contributed by atoms with van der Waals surface area (Å²) in [5.41, 5.74) is 5.97. The van der Waals surface area contributed by atoms with E-state index < -0.39 is 0 Å². The van der Waals surface area contributed by atoms with E-state index in [1.165, 1.54) is 0 Å². The topological polar surface area (TPSA) is 55.1 Å². The van der Waals surface area contributed by atoms with E-state index in [4.69, 9.17) is 5.73 Å². The van der Waals surface area contributed by atoms with Crippen molar-refractivity contribution in [3.8, 4) is 0 Å². The third-order valence-corrected chi connectivity index (χ3v) is 4.15. The molecule has 0 aliphatic heterocycles. The highest BCUT2D eigenvalue weighted by molar-refractivity contribution is 5.79.